The molecule has 0 saturated heterocycles. The molecular weight excluding hydrogens is 284 g/mol. The zero-order valence-corrected chi connectivity index (χ0v) is 12.1. The Morgan fingerprint density at radius 3 is 2.41 bits per heavy atom. The van der Waals surface area contributed by atoms with E-state index in [-0.39, 0.29) is 5.69 Å². The van der Waals surface area contributed by atoms with Gasteiger partial charge >= 0.3 is 5.97 Å². The summed E-state index contributed by atoms with van der Waals surface area (Å²) >= 11 is 0. The van der Waals surface area contributed by atoms with Gasteiger partial charge in [0.15, 0.2) is 6.10 Å². The van der Waals surface area contributed by atoms with E-state index in [1.54, 1.807) is 42.5 Å². The van der Waals surface area contributed by atoms with Gasteiger partial charge in [-0.15, -0.1) is 0 Å². The molecule has 2 N–H and O–H groups in total. The largest absolute Gasteiger partial charge is 0.452 e. The van der Waals surface area contributed by atoms with E-state index in [4.69, 9.17) is 10.5 Å². The van der Waals surface area contributed by atoms with Crippen LogP contribution in [0.1, 0.15) is 29.7 Å². The summed E-state index contributed by atoms with van der Waals surface area (Å²) in [6, 6.07) is 13.3. The van der Waals surface area contributed by atoms with Crippen LogP contribution in [0.15, 0.2) is 48.5 Å². The van der Waals surface area contributed by atoms with Crippen molar-refractivity contribution in [3.8, 4) is 0 Å². The lowest BCUT2D eigenvalue weighted by Crippen LogP contribution is -2.12. The van der Waals surface area contributed by atoms with Crippen molar-refractivity contribution in [3.63, 3.8) is 0 Å². The summed E-state index contributed by atoms with van der Waals surface area (Å²) in [5, 5.41) is 11.2. The average molecular weight is 300 g/mol. The van der Waals surface area contributed by atoms with Gasteiger partial charge in [-0.1, -0.05) is 36.4 Å². The average Bonchev–Trinajstić information content (AvgIpc) is 2.52. The van der Waals surface area contributed by atoms with Crippen molar-refractivity contribution in [1.29, 1.82) is 0 Å². The molecule has 22 heavy (non-hydrogen) atoms. The van der Waals surface area contributed by atoms with Crippen molar-refractivity contribution in [2.45, 2.75) is 19.6 Å². The second kappa shape index (κ2) is 6.82. The van der Waals surface area contributed by atoms with E-state index in [1.807, 2.05) is 0 Å². The van der Waals surface area contributed by atoms with Gasteiger partial charge in [-0.25, -0.2) is 0 Å². The van der Waals surface area contributed by atoms with E-state index >= 15 is 0 Å². The van der Waals surface area contributed by atoms with Crippen LogP contribution in [0.4, 0.5) is 5.69 Å². The second-order valence-corrected chi connectivity index (χ2v) is 4.75. The Labute approximate surface area is 127 Å². The van der Waals surface area contributed by atoms with Gasteiger partial charge in [0.1, 0.15) is 0 Å². The van der Waals surface area contributed by atoms with Crippen LogP contribution in [0.5, 0.6) is 0 Å². The zero-order chi connectivity index (χ0) is 16.1. The molecule has 0 bridgehead atoms. The Kier molecular flexibility index (Phi) is 4.85. The minimum Gasteiger partial charge on any atom is -0.452 e. The topological polar surface area (TPSA) is 95.5 Å². The maximum absolute atomic E-state index is 11.4. The summed E-state index contributed by atoms with van der Waals surface area (Å²) in [7, 11) is 0. The number of hydrogen-bond donors (Lipinski definition) is 1. The van der Waals surface area contributed by atoms with Crippen LogP contribution in [0.3, 0.4) is 0 Å². The Morgan fingerprint density at radius 2 is 1.86 bits per heavy atom. The number of esters is 1. The molecular formula is C16H16N2O4. The van der Waals surface area contributed by atoms with Crippen LogP contribution in [0, 0.1) is 10.1 Å². The Hall–Kier alpha value is -2.73. The van der Waals surface area contributed by atoms with Crippen LogP contribution in [-0.4, -0.2) is 10.9 Å². The lowest BCUT2D eigenvalue weighted by atomic mass is 9.98. The number of nitrogens with zero attached hydrogens (tertiary/aromatic N) is 1. The fourth-order valence-electron chi connectivity index (χ4n) is 2.18. The molecule has 0 fully saturated rings. The number of ether oxygens (including phenoxy) is 1. The van der Waals surface area contributed by atoms with Crippen LogP contribution in [0.2, 0.25) is 0 Å². The summed E-state index contributed by atoms with van der Waals surface area (Å²) in [5.74, 6) is -0.508. The molecule has 0 heterocycles. The minimum atomic E-state index is -0.828. The highest BCUT2D eigenvalue weighted by Crippen LogP contribution is 2.32. The molecule has 0 aliphatic rings. The fourth-order valence-corrected chi connectivity index (χ4v) is 2.18. The molecule has 114 valence electrons. The van der Waals surface area contributed by atoms with Gasteiger partial charge in [-0.3, -0.25) is 14.9 Å². The molecule has 2 aromatic rings. The first kappa shape index (κ1) is 15.7. The normalized spacial score (nSPS) is 11.7. The number of para-hydroxylation sites is 1. The first-order chi connectivity index (χ1) is 10.5. The second-order valence-electron chi connectivity index (χ2n) is 4.75. The summed E-state index contributed by atoms with van der Waals surface area (Å²) in [4.78, 5) is 22.1. The molecule has 0 saturated carbocycles. The van der Waals surface area contributed by atoms with Crippen molar-refractivity contribution in [2.75, 3.05) is 0 Å². The predicted octanol–water partition coefficient (Wildman–Crippen LogP) is 2.71. The Bertz CT molecular complexity index is 683. The third-order valence-corrected chi connectivity index (χ3v) is 3.22. The van der Waals surface area contributed by atoms with Gasteiger partial charge in [0.25, 0.3) is 5.69 Å². The lowest BCUT2D eigenvalue weighted by Gasteiger charge is -2.18. The third kappa shape index (κ3) is 3.48. The molecule has 6 heteroatoms. The van der Waals surface area contributed by atoms with Gasteiger partial charge < -0.3 is 10.5 Å². The molecule has 1 unspecified atom stereocenters. The van der Waals surface area contributed by atoms with E-state index < -0.39 is 17.0 Å². The van der Waals surface area contributed by atoms with Crippen molar-refractivity contribution >= 4 is 11.7 Å². The van der Waals surface area contributed by atoms with Gasteiger partial charge in [-0.05, 0) is 17.2 Å². The standard InChI is InChI=1S/C16H16N2O4/c1-11(19)22-16(13-8-6-12(10-17)7-9-13)14-4-2-3-5-15(14)18(20)21/h2-9,16H,10,17H2,1H3. The first-order valence-corrected chi connectivity index (χ1v) is 6.72. The van der Waals surface area contributed by atoms with Gasteiger partial charge in [-0.2, -0.15) is 0 Å². The van der Waals surface area contributed by atoms with Crippen molar-refractivity contribution in [3.05, 3.63) is 75.3 Å². The van der Waals surface area contributed by atoms with E-state index in [0.717, 1.165) is 5.56 Å². The van der Waals surface area contributed by atoms with E-state index in [0.29, 0.717) is 17.7 Å². The first-order valence-electron chi connectivity index (χ1n) is 6.72. The van der Waals surface area contributed by atoms with Crippen LogP contribution < -0.4 is 5.73 Å². The minimum absolute atomic E-state index is 0.0864. The maximum Gasteiger partial charge on any atom is 0.303 e. The number of nitrogens with two attached hydrogens (primary N) is 1. The maximum atomic E-state index is 11.4. The van der Waals surface area contributed by atoms with Crippen molar-refractivity contribution in [2.24, 2.45) is 5.73 Å². The van der Waals surface area contributed by atoms with Gasteiger partial charge in [0.2, 0.25) is 0 Å². The third-order valence-electron chi connectivity index (χ3n) is 3.22. The quantitative estimate of drug-likeness (QED) is 0.520. The number of nitro groups is 1. The summed E-state index contributed by atoms with van der Waals surface area (Å²) in [6.45, 7) is 1.67. The summed E-state index contributed by atoms with van der Waals surface area (Å²) < 4.78 is 5.31. The highest BCUT2D eigenvalue weighted by molar-refractivity contribution is 5.67. The van der Waals surface area contributed by atoms with Crippen LogP contribution in [0.25, 0.3) is 0 Å². The molecule has 2 aromatic carbocycles. The SMILES string of the molecule is CC(=O)OC(c1ccc(CN)cc1)c1ccccc1[N+](=O)[O-]. The van der Waals surface area contributed by atoms with E-state index in [9.17, 15) is 14.9 Å². The molecule has 0 amide bonds. The number of carbonyl (C=O) groups excluding carboxylic acids is 1. The molecule has 0 aliphatic heterocycles. The zero-order valence-electron chi connectivity index (χ0n) is 12.1. The highest BCUT2D eigenvalue weighted by atomic mass is 16.6. The number of rotatable bonds is 5. The Morgan fingerprint density at radius 1 is 1.23 bits per heavy atom. The van der Waals surface area contributed by atoms with E-state index in [2.05, 4.69) is 0 Å². The molecule has 6 nitrogen and oxygen atoms in total. The molecule has 0 spiro atoms. The number of benzene rings is 2. The summed E-state index contributed by atoms with van der Waals surface area (Å²) in [5.41, 5.74) is 7.39. The van der Waals surface area contributed by atoms with Crippen LogP contribution in [-0.2, 0) is 16.1 Å². The van der Waals surface area contributed by atoms with Crippen molar-refractivity contribution < 1.29 is 14.5 Å². The highest BCUT2D eigenvalue weighted by Gasteiger charge is 2.25. The van der Waals surface area contributed by atoms with Gasteiger partial charge in [0, 0.05) is 19.5 Å². The fraction of sp³-hybridized carbons (Fsp3) is 0.188. The molecule has 0 radical (unpaired) electrons. The monoisotopic (exact) mass is 300 g/mol. The predicted molar refractivity (Wildman–Crippen MR) is 81.0 cm³/mol. The Balaban J connectivity index is 2.50. The van der Waals surface area contributed by atoms with E-state index in [1.165, 1.54) is 13.0 Å². The number of hydrogen-bond acceptors (Lipinski definition) is 5. The molecule has 2 rings (SSSR count). The van der Waals surface area contributed by atoms with Gasteiger partial charge in [0.05, 0.1) is 10.5 Å². The van der Waals surface area contributed by atoms with Crippen molar-refractivity contribution in [1.82, 2.24) is 0 Å². The summed E-state index contributed by atoms with van der Waals surface area (Å²) in [6.07, 6.45) is -0.828. The molecule has 0 aromatic heterocycles. The molecule has 1 atom stereocenters. The number of nitro benzene ring substituents is 1. The number of carbonyl (C=O) groups is 1. The smallest absolute Gasteiger partial charge is 0.303 e. The molecule has 0 aliphatic carbocycles. The lowest BCUT2D eigenvalue weighted by molar-refractivity contribution is -0.386. The van der Waals surface area contributed by atoms with Crippen LogP contribution >= 0.6 is 0 Å².